The van der Waals surface area contributed by atoms with Gasteiger partial charge in [-0.15, -0.1) is 10.2 Å². The van der Waals surface area contributed by atoms with Gasteiger partial charge in [-0.1, -0.05) is 23.2 Å². The highest BCUT2D eigenvalue weighted by Gasteiger charge is 2.20. The van der Waals surface area contributed by atoms with E-state index in [1.807, 2.05) is 0 Å². The number of methoxy groups -OCH3 is 1. The highest BCUT2D eigenvalue weighted by Crippen LogP contribution is 2.27. The minimum atomic E-state index is -0.777. The van der Waals surface area contributed by atoms with Crippen LogP contribution in [0.3, 0.4) is 0 Å². The Hall–Kier alpha value is -2.58. The predicted octanol–water partition coefficient (Wildman–Crippen LogP) is 2.32. The zero-order valence-corrected chi connectivity index (χ0v) is 14.7. The van der Waals surface area contributed by atoms with E-state index in [0.717, 1.165) is 0 Å². The maximum absolute atomic E-state index is 12.2. The van der Waals surface area contributed by atoms with Crippen LogP contribution in [0.15, 0.2) is 24.3 Å². The third-order valence-corrected chi connectivity index (χ3v) is 4.26. The molecule has 2 N–H and O–H groups in total. The van der Waals surface area contributed by atoms with Crippen LogP contribution in [0.5, 0.6) is 0 Å². The number of amides is 1. The number of fused-ring (bicyclic) bond motifs is 1. The van der Waals surface area contributed by atoms with Crippen molar-refractivity contribution < 1.29 is 14.3 Å². The van der Waals surface area contributed by atoms with E-state index in [1.54, 1.807) is 18.2 Å². The molecule has 0 aliphatic carbocycles. The number of esters is 1. The summed E-state index contributed by atoms with van der Waals surface area (Å²) < 4.78 is 6.11. The van der Waals surface area contributed by atoms with Gasteiger partial charge in [-0.25, -0.2) is 9.31 Å². The fourth-order valence-electron chi connectivity index (χ4n) is 2.23. The smallest absolute Gasteiger partial charge is 0.328 e. The molecule has 25 heavy (non-hydrogen) atoms. The number of benzene rings is 1. The number of hydrogen-bond donors (Lipinski definition) is 2. The molecule has 2 aromatic heterocycles. The van der Waals surface area contributed by atoms with Crippen molar-refractivity contribution in [3.63, 3.8) is 0 Å². The van der Waals surface area contributed by atoms with Crippen molar-refractivity contribution in [3.8, 4) is 11.4 Å². The molecule has 1 aromatic carbocycles. The topological polar surface area (TPSA) is 101 Å². The van der Waals surface area contributed by atoms with E-state index in [-0.39, 0.29) is 5.69 Å². The minimum Gasteiger partial charge on any atom is -0.467 e. The van der Waals surface area contributed by atoms with Crippen molar-refractivity contribution >= 4 is 40.7 Å². The Bertz CT molecular complexity index is 965. The van der Waals surface area contributed by atoms with E-state index in [1.165, 1.54) is 24.6 Å². The Kier molecular flexibility index (Phi) is 4.65. The van der Waals surface area contributed by atoms with E-state index < -0.39 is 17.9 Å². The molecule has 10 heteroatoms. The summed E-state index contributed by atoms with van der Waals surface area (Å²) in [6, 6.07) is 5.79. The van der Waals surface area contributed by atoms with Gasteiger partial charge in [0, 0.05) is 11.6 Å². The normalized spacial score (nSPS) is 12.2. The number of carbonyl (C=O) groups excluding carboxylic acids is 2. The summed E-state index contributed by atoms with van der Waals surface area (Å²) in [6.07, 6.45) is 0. The second-order valence-electron chi connectivity index (χ2n) is 5.23. The molecule has 130 valence electrons. The maximum atomic E-state index is 12.2. The van der Waals surface area contributed by atoms with Crippen molar-refractivity contribution in [1.82, 2.24) is 25.1 Å². The van der Waals surface area contributed by atoms with Gasteiger partial charge in [0.1, 0.15) is 11.7 Å². The number of aromatic amines is 1. The summed E-state index contributed by atoms with van der Waals surface area (Å²) in [6.45, 7) is 1.53. The molecule has 0 bridgehead atoms. The number of nitrogens with zero attached hydrogens (tertiary/aromatic N) is 3. The predicted molar refractivity (Wildman–Crippen MR) is 91.7 cm³/mol. The van der Waals surface area contributed by atoms with Gasteiger partial charge in [-0.05, 0) is 25.1 Å². The third kappa shape index (κ3) is 3.31. The van der Waals surface area contributed by atoms with Gasteiger partial charge < -0.3 is 10.1 Å². The molecule has 3 rings (SSSR count). The first-order chi connectivity index (χ1) is 11.9. The number of hydrogen-bond acceptors (Lipinski definition) is 5. The largest absolute Gasteiger partial charge is 0.467 e. The maximum Gasteiger partial charge on any atom is 0.328 e. The standard InChI is InChI=1S/C15H13Cl2N5O3/c1-7(15(24)25-2)18-14(23)11-6-12-19-20-13(22(12)21-11)8-3-4-9(16)10(17)5-8/h3-7,21H,1-2H3,(H,18,23). The van der Waals surface area contributed by atoms with Crippen LogP contribution in [0, 0.1) is 0 Å². The quantitative estimate of drug-likeness (QED) is 0.675. The Labute approximate surface area is 152 Å². The summed E-state index contributed by atoms with van der Waals surface area (Å²) in [5.74, 6) is -0.542. The lowest BCUT2D eigenvalue weighted by Gasteiger charge is -2.10. The van der Waals surface area contributed by atoms with E-state index in [2.05, 4.69) is 25.3 Å². The first kappa shape index (κ1) is 17.2. The summed E-state index contributed by atoms with van der Waals surface area (Å²) in [4.78, 5) is 23.6. The van der Waals surface area contributed by atoms with Gasteiger partial charge in [0.2, 0.25) is 0 Å². The fourth-order valence-corrected chi connectivity index (χ4v) is 2.53. The third-order valence-electron chi connectivity index (χ3n) is 3.52. The molecule has 1 atom stereocenters. The Morgan fingerprint density at radius 2 is 2.00 bits per heavy atom. The zero-order valence-electron chi connectivity index (χ0n) is 13.2. The van der Waals surface area contributed by atoms with E-state index in [9.17, 15) is 9.59 Å². The number of nitrogens with one attached hydrogen (secondary N) is 2. The van der Waals surface area contributed by atoms with Gasteiger partial charge >= 0.3 is 5.97 Å². The van der Waals surface area contributed by atoms with Gasteiger partial charge in [0.05, 0.1) is 17.2 Å². The molecular weight excluding hydrogens is 369 g/mol. The first-order valence-electron chi connectivity index (χ1n) is 7.19. The van der Waals surface area contributed by atoms with Crippen molar-refractivity contribution in [2.75, 3.05) is 7.11 Å². The van der Waals surface area contributed by atoms with Gasteiger partial charge in [-0.2, -0.15) is 0 Å². The summed E-state index contributed by atoms with van der Waals surface area (Å²) in [5, 5.41) is 14.3. The molecule has 0 fully saturated rings. The highest BCUT2D eigenvalue weighted by atomic mass is 35.5. The lowest BCUT2D eigenvalue weighted by atomic mass is 10.2. The molecule has 3 aromatic rings. The Morgan fingerprint density at radius 3 is 2.68 bits per heavy atom. The van der Waals surface area contributed by atoms with Crippen LogP contribution in [-0.4, -0.2) is 44.8 Å². The molecular formula is C15H13Cl2N5O3. The van der Waals surface area contributed by atoms with Crippen LogP contribution in [-0.2, 0) is 9.53 Å². The molecule has 8 nitrogen and oxygen atoms in total. The number of H-pyrrole nitrogens is 1. The highest BCUT2D eigenvalue weighted by molar-refractivity contribution is 6.42. The number of ether oxygens (including phenoxy) is 1. The summed E-state index contributed by atoms with van der Waals surface area (Å²) in [5.41, 5.74) is 1.34. The number of halogens is 2. The van der Waals surface area contributed by atoms with E-state index in [4.69, 9.17) is 23.2 Å². The fraction of sp³-hybridized carbons (Fsp3) is 0.200. The monoisotopic (exact) mass is 381 g/mol. The zero-order chi connectivity index (χ0) is 18.1. The second kappa shape index (κ2) is 6.73. The van der Waals surface area contributed by atoms with Crippen molar-refractivity contribution in [1.29, 1.82) is 0 Å². The van der Waals surface area contributed by atoms with Crippen molar-refractivity contribution in [2.24, 2.45) is 0 Å². The van der Waals surface area contributed by atoms with E-state index >= 15 is 0 Å². The van der Waals surface area contributed by atoms with Crippen LogP contribution in [0.2, 0.25) is 10.0 Å². The second-order valence-corrected chi connectivity index (χ2v) is 6.05. The Balaban J connectivity index is 1.91. The van der Waals surface area contributed by atoms with Crippen LogP contribution in [0.4, 0.5) is 0 Å². The molecule has 0 aliphatic rings. The first-order valence-corrected chi connectivity index (χ1v) is 7.94. The summed E-state index contributed by atoms with van der Waals surface area (Å²) >= 11 is 11.9. The number of rotatable bonds is 4. The molecule has 0 spiro atoms. The van der Waals surface area contributed by atoms with Crippen LogP contribution >= 0.6 is 23.2 Å². The lowest BCUT2D eigenvalue weighted by Crippen LogP contribution is -2.39. The molecule has 0 saturated carbocycles. The molecule has 0 saturated heterocycles. The average molecular weight is 382 g/mol. The van der Waals surface area contributed by atoms with Crippen molar-refractivity contribution in [2.45, 2.75) is 13.0 Å². The molecule has 0 aliphatic heterocycles. The van der Waals surface area contributed by atoms with Gasteiger partial charge in [-0.3, -0.25) is 9.89 Å². The number of carbonyl (C=O) groups is 2. The summed E-state index contributed by atoms with van der Waals surface area (Å²) in [7, 11) is 1.25. The minimum absolute atomic E-state index is 0.224. The van der Waals surface area contributed by atoms with Crippen molar-refractivity contribution in [3.05, 3.63) is 40.0 Å². The Morgan fingerprint density at radius 1 is 1.24 bits per heavy atom. The molecule has 1 amide bonds. The van der Waals surface area contributed by atoms with Crippen LogP contribution < -0.4 is 5.32 Å². The lowest BCUT2D eigenvalue weighted by molar-refractivity contribution is -0.142. The molecule has 1 unspecified atom stereocenters. The molecule has 2 heterocycles. The SMILES string of the molecule is COC(=O)C(C)NC(=O)c1cc2nnc(-c3ccc(Cl)c(Cl)c3)n2[nH]1. The van der Waals surface area contributed by atoms with Crippen LogP contribution in [0.1, 0.15) is 17.4 Å². The average Bonchev–Trinajstić information content (AvgIpc) is 3.17. The van der Waals surface area contributed by atoms with E-state index in [0.29, 0.717) is 27.1 Å². The van der Waals surface area contributed by atoms with Gasteiger partial charge in [0.15, 0.2) is 11.5 Å². The van der Waals surface area contributed by atoms with Crippen LogP contribution in [0.25, 0.3) is 17.0 Å². The molecule has 0 radical (unpaired) electrons. The van der Waals surface area contributed by atoms with Gasteiger partial charge in [0.25, 0.3) is 5.91 Å². The number of aromatic nitrogens is 4.